The molecule has 0 unspecified atom stereocenters. The van der Waals surface area contributed by atoms with E-state index in [0.29, 0.717) is 11.3 Å². The van der Waals surface area contributed by atoms with E-state index in [1.807, 2.05) is 0 Å². The Labute approximate surface area is 108 Å². The van der Waals surface area contributed by atoms with Gasteiger partial charge in [-0.05, 0) is 24.3 Å². The normalized spacial score (nSPS) is 10.1. The number of anilines is 1. The van der Waals surface area contributed by atoms with Crippen LogP contribution < -0.4 is 16.6 Å². The second-order valence-electron chi connectivity index (χ2n) is 4.00. The van der Waals surface area contributed by atoms with Gasteiger partial charge in [-0.1, -0.05) is 6.07 Å². The lowest BCUT2D eigenvalue weighted by atomic mass is 10.1. The van der Waals surface area contributed by atoms with Crippen molar-refractivity contribution in [1.82, 2.24) is 10.3 Å². The van der Waals surface area contributed by atoms with Gasteiger partial charge in [-0.2, -0.15) is 0 Å². The number of carbonyl (C=O) groups excluding carboxylic acids is 1. The summed E-state index contributed by atoms with van der Waals surface area (Å²) in [4.78, 5) is 25.3. The number of carbonyl (C=O) groups is 1. The van der Waals surface area contributed by atoms with Crippen LogP contribution in [0.25, 0.3) is 0 Å². The molecule has 0 saturated carbocycles. The molecule has 5 N–H and O–H groups in total. The van der Waals surface area contributed by atoms with Crippen LogP contribution in [0, 0.1) is 0 Å². The number of phenols is 1. The van der Waals surface area contributed by atoms with Crippen molar-refractivity contribution < 1.29 is 9.90 Å². The van der Waals surface area contributed by atoms with Crippen molar-refractivity contribution in [1.29, 1.82) is 0 Å². The third-order valence-corrected chi connectivity index (χ3v) is 2.56. The Morgan fingerprint density at radius 1 is 1.32 bits per heavy atom. The first-order valence-corrected chi connectivity index (χ1v) is 5.61. The molecule has 0 aliphatic carbocycles. The SMILES string of the molecule is Nc1ccc(O)c(CNC(=O)c2cccc(=O)[nH]2)c1. The van der Waals surface area contributed by atoms with Crippen molar-refractivity contribution in [3.05, 3.63) is 58.0 Å². The number of aromatic hydroxyl groups is 1. The van der Waals surface area contributed by atoms with Crippen molar-refractivity contribution in [3.63, 3.8) is 0 Å². The summed E-state index contributed by atoms with van der Waals surface area (Å²) in [6.07, 6.45) is 0. The zero-order valence-electron chi connectivity index (χ0n) is 10.0. The molecule has 0 saturated heterocycles. The van der Waals surface area contributed by atoms with Gasteiger partial charge < -0.3 is 21.1 Å². The number of amides is 1. The monoisotopic (exact) mass is 259 g/mol. The summed E-state index contributed by atoms with van der Waals surface area (Å²) in [7, 11) is 0. The van der Waals surface area contributed by atoms with Crippen LogP contribution >= 0.6 is 0 Å². The van der Waals surface area contributed by atoms with E-state index in [0.717, 1.165) is 0 Å². The van der Waals surface area contributed by atoms with Gasteiger partial charge in [-0.25, -0.2) is 0 Å². The third kappa shape index (κ3) is 3.12. The van der Waals surface area contributed by atoms with Crippen LogP contribution in [0.15, 0.2) is 41.2 Å². The quantitative estimate of drug-likeness (QED) is 0.478. The number of nitrogens with one attached hydrogen (secondary N) is 2. The van der Waals surface area contributed by atoms with Gasteiger partial charge in [0, 0.05) is 23.9 Å². The fourth-order valence-electron chi connectivity index (χ4n) is 1.60. The van der Waals surface area contributed by atoms with Gasteiger partial charge in [0.1, 0.15) is 11.4 Å². The van der Waals surface area contributed by atoms with E-state index < -0.39 is 5.91 Å². The average Bonchev–Trinajstić information content (AvgIpc) is 2.39. The van der Waals surface area contributed by atoms with Crippen LogP contribution in [0.3, 0.4) is 0 Å². The Kier molecular flexibility index (Phi) is 3.51. The van der Waals surface area contributed by atoms with E-state index in [4.69, 9.17) is 5.73 Å². The lowest BCUT2D eigenvalue weighted by Crippen LogP contribution is -2.25. The zero-order chi connectivity index (χ0) is 13.8. The van der Waals surface area contributed by atoms with E-state index >= 15 is 0 Å². The van der Waals surface area contributed by atoms with Crippen LogP contribution in [-0.4, -0.2) is 16.0 Å². The number of nitrogen functional groups attached to an aromatic ring is 1. The Morgan fingerprint density at radius 3 is 2.84 bits per heavy atom. The smallest absolute Gasteiger partial charge is 0.268 e. The van der Waals surface area contributed by atoms with Gasteiger partial charge in [0.15, 0.2) is 0 Å². The highest BCUT2D eigenvalue weighted by atomic mass is 16.3. The van der Waals surface area contributed by atoms with Crippen molar-refractivity contribution >= 4 is 11.6 Å². The molecular weight excluding hydrogens is 246 g/mol. The first kappa shape index (κ1) is 12.7. The van der Waals surface area contributed by atoms with Gasteiger partial charge in [0.25, 0.3) is 5.91 Å². The first-order chi connectivity index (χ1) is 9.06. The standard InChI is InChI=1S/C13H13N3O3/c14-9-4-5-11(17)8(6-9)7-15-13(19)10-2-1-3-12(18)16-10/h1-6,17H,7,14H2,(H,15,19)(H,16,18). The summed E-state index contributed by atoms with van der Waals surface area (Å²) in [6, 6.07) is 8.90. The Bertz CT molecular complexity index is 664. The average molecular weight is 259 g/mol. The highest BCUT2D eigenvalue weighted by Crippen LogP contribution is 2.19. The zero-order valence-corrected chi connectivity index (χ0v) is 10.0. The molecule has 0 atom stereocenters. The molecule has 6 heteroatoms. The molecule has 1 aromatic heterocycles. The van der Waals surface area contributed by atoms with Crippen molar-refractivity contribution in [2.75, 3.05) is 5.73 Å². The minimum absolute atomic E-state index is 0.0519. The molecule has 1 amide bonds. The number of aromatic nitrogens is 1. The predicted octanol–water partition coefficient (Wildman–Crippen LogP) is 0.593. The molecule has 0 fully saturated rings. The van der Waals surface area contributed by atoms with E-state index in [1.165, 1.54) is 24.3 Å². The number of benzene rings is 1. The number of hydrogen-bond donors (Lipinski definition) is 4. The number of rotatable bonds is 3. The van der Waals surface area contributed by atoms with Crippen LogP contribution in [-0.2, 0) is 6.54 Å². The molecule has 2 rings (SSSR count). The molecule has 0 bridgehead atoms. The minimum Gasteiger partial charge on any atom is -0.508 e. The lowest BCUT2D eigenvalue weighted by Gasteiger charge is -2.07. The number of hydrogen-bond acceptors (Lipinski definition) is 4. The molecule has 6 nitrogen and oxygen atoms in total. The molecule has 0 radical (unpaired) electrons. The second kappa shape index (κ2) is 5.26. The fraction of sp³-hybridized carbons (Fsp3) is 0.0769. The maximum atomic E-state index is 11.8. The molecule has 0 spiro atoms. The molecule has 1 heterocycles. The fourth-order valence-corrected chi connectivity index (χ4v) is 1.60. The number of phenolic OH excluding ortho intramolecular Hbond substituents is 1. The van der Waals surface area contributed by atoms with Crippen molar-refractivity contribution in [3.8, 4) is 5.75 Å². The predicted molar refractivity (Wildman–Crippen MR) is 70.8 cm³/mol. The summed E-state index contributed by atoms with van der Waals surface area (Å²) in [6.45, 7) is 0.118. The summed E-state index contributed by atoms with van der Waals surface area (Å²) >= 11 is 0. The summed E-state index contributed by atoms with van der Waals surface area (Å²) in [5.41, 5.74) is 6.41. The van der Waals surface area contributed by atoms with Crippen LogP contribution in [0.4, 0.5) is 5.69 Å². The molecular formula is C13H13N3O3. The molecule has 0 aliphatic rings. The number of pyridine rings is 1. The third-order valence-electron chi connectivity index (χ3n) is 2.56. The minimum atomic E-state index is -0.431. The highest BCUT2D eigenvalue weighted by molar-refractivity contribution is 5.92. The van der Waals surface area contributed by atoms with Crippen molar-refractivity contribution in [2.45, 2.75) is 6.54 Å². The second-order valence-corrected chi connectivity index (χ2v) is 4.00. The molecule has 19 heavy (non-hydrogen) atoms. The highest BCUT2D eigenvalue weighted by Gasteiger charge is 2.07. The summed E-state index contributed by atoms with van der Waals surface area (Å²) < 4.78 is 0. The maximum absolute atomic E-state index is 11.8. The van der Waals surface area contributed by atoms with Crippen molar-refractivity contribution in [2.24, 2.45) is 0 Å². The lowest BCUT2D eigenvalue weighted by molar-refractivity contribution is 0.0945. The number of H-pyrrole nitrogens is 1. The molecule has 0 aliphatic heterocycles. The number of aromatic amines is 1. The molecule has 98 valence electrons. The topological polar surface area (TPSA) is 108 Å². The van der Waals surface area contributed by atoms with Crippen LogP contribution in [0.5, 0.6) is 5.75 Å². The van der Waals surface area contributed by atoms with Gasteiger partial charge in [0.2, 0.25) is 5.56 Å². The Balaban J connectivity index is 2.08. The van der Waals surface area contributed by atoms with E-state index in [1.54, 1.807) is 12.1 Å². The van der Waals surface area contributed by atoms with E-state index in [2.05, 4.69) is 10.3 Å². The maximum Gasteiger partial charge on any atom is 0.268 e. The van der Waals surface area contributed by atoms with Crippen LogP contribution in [0.1, 0.15) is 16.1 Å². The van der Waals surface area contributed by atoms with Gasteiger partial charge in [0.05, 0.1) is 0 Å². The molecule has 1 aromatic carbocycles. The van der Waals surface area contributed by atoms with Gasteiger partial charge >= 0.3 is 0 Å². The number of nitrogens with two attached hydrogens (primary N) is 1. The Morgan fingerprint density at radius 2 is 2.11 bits per heavy atom. The van der Waals surface area contributed by atoms with Gasteiger partial charge in [-0.3, -0.25) is 9.59 Å². The Hall–Kier alpha value is -2.76. The van der Waals surface area contributed by atoms with E-state index in [-0.39, 0.29) is 23.5 Å². The van der Waals surface area contributed by atoms with Gasteiger partial charge in [-0.15, -0.1) is 0 Å². The van der Waals surface area contributed by atoms with Crippen LogP contribution in [0.2, 0.25) is 0 Å². The van der Waals surface area contributed by atoms with E-state index in [9.17, 15) is 14.7 Å². The first-order valence-electron chi connectivity index (χ1n) is 5.61. The summed E-state index contributed by atoms with van der Waals surface area (Å²) in [5, 5.41) is 12.2. The molecule has 2 aromatic rings. The summed E-state index contributed by atoms with van der Waals surface area (Å²) in [5.74, 6) is -0.379. The largest absolute Gasteiger partial charge is 0.508 e.